The van der Waals surface area contributed by atoms with E-state index in [1.807, 2.05) is 0 Å². The van der Waals surface area contributed by atoms with Gasteiger partial charge in [0.2, 0.25) is 0 Å². The monoisotopic (exact) mass is 200 g/mol. The molecule has 0 aromatic heterocycles. The molecular weight excluding hydrogens is 180 g/mol. The van der Waals surface area contributed by atoms with E-state index in [9.17, 15) is 4.79 Å². The number of hydrogen-bond donors (Lipinski definition) is 3. The molecule has 0 spiro atoms. The number of nitrogens with one attached hydrogen (secondary N) is 1. The van der Waals surface area contributed by atoms with Crippen molar-refractivity contribution in [2.24, 2.45) is 11.7 Å². The molecule has 0 radical (unpaired) electrons. The van der Waals surface area contributed by atoms with E-state index in [4.69, 9.17) is 10.8 Å². The maximum absolute atomic E-state index is 10.3. The zero-order valence-electron chi connectivity index (χ0n) is 8.54. The minimum Gasteiger partial charge on any atom is -0.481 e. The summed E-state index contributed by atoms with van der Waals surface area (Å²) in [5.41, 5.74) is 5.67. The zero-order valence-corrected chi connectivity index (χ0v) is 8.54. The standard InChI is InChI=1S/C10H20N2O2/c11-7-8-3-1-2-4-9(8)12-6-5-10(13)14/h8-9,12H,1-7,11H2,(H,13,14). The summed E-state index contributed by atoms with van der Waals surface area (Å²) in [7, 11) is 0. The lowest BCUT2D eigenvalue weighted by molar-refractivity contribution is -0.136. The molecule has 0 bridgehead atoms. The van der Waals surface area contributed by atoms with Gasteiger partial charge < -0.3 is 16.2 Å². The van der Waals surface area contributed by atoms with Gasteiger partial charge in [-0.05, 0) is 25.3 Å². The molecule has 4 N–H and O–H groups in total. The second kappa shape index (κ2) is 5.98. The van der Waals surface area contributed by atoms with Gasteiger partial charge in [0, 0.05) is 12.6 Å². The molecular formula is C10H20N2O2. The maximum atomic E-state index is 10.3. The Balaban J connectivity index is 2.22. The second-order valence-electron chi connectivity index (χ2n) is 3.98. The summed E-state index contributed by atoms with van der Waals surface area (Å²) >= 11 is 0. The fourth-order valence-corrected chi connectivity index (χ4v) is 2.12. The third kappa shape index (κ3) is 3.64. The van der Waals surface area contributed by atoms with Crippen LogP contribution in [0.2, 0.25) is 0 Å². The molecule has 0 heterocycles. The summed E-state index contributed by atoms with van der Waals surface area (Å²) in [6.07, 6.45) is 5.02. The molecule has 0 aliphatic heterocycles. The Morgan fingerprint density at radius 3 is 2.79 bits per heavy atom. The number of hydrogen-bond acceptors (Lipinski definition) is 3. The number of carbonyl (C=O) groups is 1. The highest BCUT2D eigenvalue weighted by molar-refractivity contribution is 5.66. The predicted molar refractivity (Wildman–Crippen MR) is 55.1 cm³/mol. The number of carboxylic acids is 1. The van der Waals surface area contributed by atoms with Crippen molar-refractivity contribution in [1.29, 1.82) is 0 Å². The number of carboxylic acid groups (broad SMARTS) is 1. The van der Waals surface area contributed by atoms with E-state index in [0.717, 1.165) is 6.42 Å². The summed E-state index contributed by atoms with van der Waals surface area (Å²) in [5, 5.41) is 11.8. The average molecular weight is 200 g/mol. The van der Waals surface area contributed by atoms with Gasteiger partial charge in [-0.2, -0.15) is 0 Å². The Kier molecular flexibility index (Phi) is 4.90. The number of rotatable bonds is 5. The van der Waals surface area contributed by atoms with Gasteiger partial charge >= 0.3 is 5.97 Å². The maximum Gasteiger partial charge on any atom is 0.304 e. The molecule has 0 aromatic carbocycles. The van der Waals surface area contributed by atoms with Crippen molar-refractivity contribution < 1.29 is 9.90 Å². The van der Waals surface area contributed by atoms with Gasteiger partial charge in [0.05, 0.1) is 6.42 Å². The molecule has 0 amide bonds. The molecule has 0 saturated heterocycles. The van der Waals surface area contributed by atoms with Gasteiger partial charge in [-0.3, -0.25) is 4.79 Å². The van der Waals surface area contributed by atoms with E-state index < -0.39 is 5.97 Å². The molecule has 1 saturated carbocycles. The Bertz CT molecular complexity index is 185. The summed E-state index contributed by atoms with van der Waals surface area (Å²) in [6.45, 7) is 1.28. The van der Waals surface area contributed by atoms with Gasteiger partial charge in [-0.1, -0.05) is 12.8 Å². The van der Waals surface area contributed by atoms with Gasteiger partial charge in [0.25, 0.3) is 0 Å². The van der Waals surface area contributed by atoms with Crippen molar-refractivity contribution in [3.05, 3.63) is 0 Å². The molecule has 1 aliphatic carbocycles. The third-order valence-electron chi connectivity index (χ3n) is 2.96. The van der Waals surface area contributed by atoms with E-state index in [1.54, 1.807) is 0 Å². The SMILES string of the molecule is NCC1CCCCC1NCCC(=O)O. The number of nitrogens with two attached hydrogens (primary N) is 1. The van der Waals surface area contributed by atoms with E-state index in [2.05, 4.69) is 5.32 Å². The van der Waals surface area contributed by atoms with Crippen LogP contribution in [0.4, 0.5) is 0 Å². The van der Waals surface area contributed by atoms with Crippen molar-refractivity contribution in [1.82, 2.24) is 5.32 Å². The highest BCUT2D eigenvalue weighted by atomic mass is 16.4. The summed E-state index contributed by atoms with van der Waals surface area (Å²) in [4.78, 5) is 10.3. The Morgan fingerprint density at radius 1 is 1.43 bits per heavy atom. The predicted octanol–water partition coefficient (Wildman–Crippen LogP) is 0.568. The van der Waals surface area contributed by atoms with Crippen LogP contribution in [-0.2, 0) is 4.79 Å². The van der Waals surface area contributed by atoms with Crippen LogP contribution >= 0.6 is 0 Å². The Hall–Kier alpha value is -0.610. The molecule has 1 aliphatic rings. The first-order chi connectivity index (χ1) is 6.74. The molecule has 1 fully saturated rings. The molecule has 0 aromatic rings. The van der Waals surface area contributed by atoms with Crippen LogP contribution in [0.5, 0.6) is 0 Å². The average Bonchev–Trinajstić information content (AvgIpc) is 2.18. The van der Waals surface area contributed by atoms with Crippen molar-refractivity contribution >= 4 is 5.97 Å². The van der Waals surface area contributed by atoms with Crippen LogP contribution in [-0.4, -0.2) is 30.2 Å². The molecule has 14 heavy (non-hydrogen) atoms. The zero-order chi connectivity index (χ0) is 10.4. The molecule has 2 atom stereocenters. The van der Waals surface area contributed by atoms with Crippen molar-refractivity contribution in [2.45, 2.75) is 38.1 Å². The second-order valence-corrected chi connectivity index (χ2v) is 3.98. The molecule has 4 heteroatoms. The van der Waals surface area contributed by atoms with Crippen molar-refractivity contribution in [3.63, 3.8) is 0 Å². The van der Waals surface area contributed by atoms with Crippen LogP contribution < -0.4 is 11.1 Å². The van der Waals surface area contributed by atoms with E-state index in [0.29, 0.717) is 25.0 Å². The molecule has 1 rings (SSSR count). The number of aliphatic carboxylic acids is 1. The first-order valence-electron chi connectivity index (χ1n) is 5.39. The molecule has 82 valence electrons. The van der Waals surface area contributed by atoms with E-state index in [1.165, 1.54) is 19.3 Å². The first-order valence-corrected chi connectivity index (χ1v) is 5.39. The van der Waals surface area contributed by atoms with Crippen LogP contribution in [0.3, 0.4) is 0 Å². The minimum absolute atomic E-state index is 0.202. The smallest absolute Gasteiger partial charge is 0.304 e. The lowest BCUT2D eigenvalue weighted by Gasteiger charge is -2.31. The highest BCUT2D eigenvalue weighted by Crippen LogP contribution is 2.23. The summed E-state index contributed by atoms with van der Waals surface area (Å²) in [6, 6.07) is 0.438. The van der Waals surface area contributed by atoms with Crippen LogP contribution in [0.1, 0.15) is 32.1 Å². The van der Waals surface area contributed by atoms with Crippen molar-refractivity contribution in [2.75, 3.05) is 13.1 Å². The third-order valence-corrected chi connectivity index (χ3v) is 2.96. The van der Waals surface area contributed by atoms with Gasteiger partial charge in [0.15, 0.2) is 0 Å². The van der Waals surface area contributed by atoms with Crippen LogP contribution in [0.25, 0.3) is 0 Å². The summed E-state index contributed by atoms with van der Waals surface area (Å²) in [5.74, 6) is -0.199. The van der Waals surface area contributed by atoms with Gasteiger partial charge in [0.1, 0.15) is 0 Å². The molecule has 4 nitrogen and oxygen atoms in total. The lowest BCUT2D eigenvalue weighted by atomic mass is 9.84. The lowest BCUT2D eigenvalue weighted by Crippen LogP contribution is -2.42. The quantitative estimate of drug-likeness (QED) is 0.606. The first kappa shape index (κ1) is 11.5. The van der Waals surface area contributed by atoms with Gasteiger partial charge in [-0.25, -0.2) is 0 Å². The fourth-order valence-electron chi connectivity index (χ4n) is 2.12. The van der Waals surface area contributed by atoms with E-state index >= 15 is 0 Å². The van der Waals surface area contributed by atoms with E-state index in [-0.39, 0.29) is 6.42 Å². The normalized spacial score (nSPS) is 27.5. The van der Waals surface area contributed by atoms with Crippen LogP contribution in [0, 0.1) is 5.92 Å². The topological polar surface area (TPSA) is 75.3 Å². The fraction of sp³-hybridized carbons (Fsp3) is 0.900. The van der Waals surface area contributed by atoms with Crippen molar-refractivity contribution in [3.8, 4) is 0 Å². The Labute approximate surface area is 84.9 Å². The minimum atomic E-state index is -0.738. The largest absolute Gasteiger partial charge is 0.481 e. The highest BCUT2D eigenvalue weighted by Gasteiger charge is 2.23. The molecule has 2 unspecified atom stereocenters. The van der Waals surface area contributed by atoms with Crippen LogP contribution in [0.15, 0.2) is 0 Å². The van der Waals surface area contributed by atoms with Gasteiger partial charge in [-0.15, -0.1) is 0 Å². The summed E-state index contributed by atoms with van der Waals surface area (Å²) < 4.78 is 0. The Morgan fingerprint density at radius 2 is 2.14 bits per heavy atom.